The van der Waals surface area contributed by atoms with Gasteiger partial charge in [-0.3, -0.25) is 14.6 Å². The molecule has 2 aromatic heterocycles. The molecule has 0 fully saturated rings. The van der Waals surface area contributed by atoms with Crippen LogP contribution in [0.15, 0.2) is 79.1 Å². The molecule has 0 saturated heterocycles. The van der Waals surface area contributed by atoms with Gasteiger partial charge in [-0.15, -0.1) is 0 Å². The van der Waals surface area contributed by atoms with E-state index in [4.69, 9.17) is 9.84 Å². The largest absolute Gasteiger partial charge is 0.497 e. The highest BCUT2D eigenvalue weighted by atomic mass is 16.5. The Hall–Kier alpha value is -3.44. The van der Waals surface area contributed by atoms with Crippen LogP contribution in [0.25, 0.3) is 11.3 Å². The number of hydrogen-bond acceptors (Lipinski definition) is 4. The summed E-state index contributed by atoms with van der Waals surface area (Å²) in [7, 11) is 1.71. The molecular formula is C29H32N4O. The molecule has 174 valence electrons. The molecule has 0 aliphatic carbocycles. The molecule has 5 heteroatoms. The fourth-order valence-electron chi connectivity index (χ4n) is 5.03. The zero-order chi connectivity index (χ0) is 23.5. The minimum absolute atomic E-state index is 0.198. The van der Waals surface area contributed by atoms with E-state index in [1.165, 1.54) is 22.4 Å². The Kier molecular flexibility index (Phi) is 6.45. The third kappa shape index (κ3) is 4.62. The highest BCUT2D eigenvalue weighted by Crippen LogP contribution is 2.33. The van der Waals surface area contributed by atoms with Crippen LogP contribution in [0.3, 0.4) is 0 Å². The second kappa shape index (κ2) is 9.82. The Balaban J connectivity index is 1.47. The van der Waals surface area contributed by atoms with Gasteiger partial charge in [0.05, 0.1) is 18.8 Å². The molecule has 2 unspecified atom stereocenters. The summed E-state index contributed by atoms with van der Waals surface area (Å²) in [4.78, 5) is 6.87. The Labute approximate surface area is 202 Å². The van der Waals surface area contributed by atoms with Gasteiger partial charge in [-0.1, -0.05) is 43.3 Å². The van der Waals surface area contributed by atoms with Crippen molar-refractivity contribution < 1.29 is 4.74 Å². The summed E-state index contributed by atoms with van der Waals surface area (Å²) in [5, 5.41) is 5.10. The van der Waals surface area contributed by atoms with Crippen molar-refractivity contribution in [1.82, 2.24) is 19.7 Å². The number of fused-ring (bicyclic) bond motifs is 1. The van der Waals surface area contributed by atoms with Crippen molar-refractivity contribution in [2.75, 3.05) is 20.2 Å². The maximum Gasteiger partial charge on any atom is 0.118 e. The van der Waals surface area contributed by atoms with E-state index in [0.717, 1.165) is 43.1 Å². The van der Waals surface area contributed by atoms with Crippen LogP contribution >= 0.6 is 0 Å². The lowest BCUT2D eigenvalue weighted by Crippen LogP contribution is -2.37. The van der Waals surface area contributed by atoms with Gasteiger partial charge in [0.25, 0.3) is 0 Å². The van der Waals surface area contributed by atoms with E-state index in [-0.39, 0.29) is 12.0 Å². The Bertz CT molecular complexity index is 1230. The normalized spacial score (nSPS) is 15.5. The van der Waals surface area contributed by atoms with Crippen molar-refractivity contribution in [1.29, 1.82) is 0 Å². The van der Waals surface area contributed by atoms with Gasteiger partial charge in [0.15, 0.2) is 0 Å². The van der Waals surface area contributed by atoms with Crippen LogP contribution in [0.2, 0.25) is 0 Å². The van der Waals surface area contributed by atoms with E-state index < -0.39 is 0 Å². The summed E-state index contributed by atoms with van der Waals surface area (Å²) in [5.41, 5.74) is 7.40. The van der Waals surface area contributed by atoms with E-state index in [9.17, 15) is 0 Å². The van der Waals surface area contributed by atoms with Gasteiger partial charge < -0.3 is 4.74 Å². The third-order valence-electron chi connectivity index (χ3n) is 7.07. The third-order valence-corrected chi connectivity index (χ3v) is 7.07. The number of aromatic nitrogens is 3. The Morgan fingerprint density at radius 2 is 1.79 bits per heavy atom. The zero-order valence-corrected chi connectivity index (χ0v) is 20.2. The molecule has 2 aromatic carbocycles. The molecule has 0 saturated carbocycles. The van der Waals surface area contributed by atoms with Crippen LogP contribution in [0.5, 0.6) is 5.75 Å². The molecule has 5 nitrogen and oxygen atoms in total. The van der Waals surface area contributed by atoms with E-state index >= 15 is 0 Å². The van der Waals surface area contributed by atoms with E-state index in [1.54, 1.807) is 13.3 Å². The maximum atomic E-state index is 5.39. The second-order valence-corrected chi connectivity index (χ2v) is 9.24. The molecule has 1 aliphatic rings. The second-order valence-electron chi connectivity index (χ2n) is 9.24. The molecule has 0 bridgehead atoms. The van der Waals surface area contributed by atoms with E-state index in [1.807, 2.05) is 12.3 Å². The topological polar surface area (TPSA) is 43.2 Å². The molecule has 34 heavy (non-hydrogen) atoms. The number of benzene rings is 2. The van der Waals surface area contributed by atoms with Crippen molar-refractivity contribution in [3.05, 3.63) is 102 Å². The summed E-state index contributed by atoms with van der Waals surface area (Å²) < 4.78 is 7.62. The van der Waals surface area contributed by atoms with Crippen LogP contribution in [-0.4, -0.2) is 39.9 Å². The SMILES string of the molecule is COc1ccc(C(C)C(CN2CCc3ccccc3C2)n2nc(-c3cccnc3)cc2C)cc1. The lowest BCUT2D eigenvalue weighted by atomic mass is 9.91. The molecule has 0 amide bonds. The van der Waals surface area contributed by atoms with E-state index in [2.05, 4.69) is 89.1 Å². The van der Waals surface area contributed by atoms with Crippen molar-refractivity contribution in [2.45, 2.75) is 38.8 Å². The Morgan fingerprint density at radius 1 is 1.00 bits per heavy atom. The number of methoxy groups -OCH3 is 1. The van der Waals surface area contributed by atoms with E-state index in [0.29, 0.717) is 0 Å². The highest BCUT2D eigenvalue weighted by Gasteiger charge is 2.28. The first-order valence-corrected chi connectivity index (χ1v) is 12.0. The predicted molar refractivity (Wildman–Crippen MR) is 136 cm³/mol. The minimum atomic E-state index is 0.198. The molecular weight excluding hydrogens is 420 g/mol. The number of hydrogen-bond donors (Lipinski definition) is 0. The number of pyridine rings is 1. The van der Waals surface area contributed by atoms with Gasteiger partial charge in [-0.2, -0.15) is 5.10 Å². The zero-order valence-electron chi connectivity index (χ0n) is 20.2. The summed E-state index contributed by atoms with van der Waals surface area (Å²) in [6, 6.07) is 23.7. The minimum Gasteiger partial charge on any atom is -0.497 e. The average molecular weight is 453 g/mol. The molecule has 0 radical (unpaired) electrons. The first-order valence-electron chi connectivity index (χ1n) is 12.0. The Morgan fingerprint density at radius 3 is 2.53 bits per heavy atom. The monoisotopic (exact) mass is 452 g/mol. The quantitative estimate of drug-likeness (QED) is 0.363. The standard InChI is InChI=1S/C29H32N4O/c1-21-17-28(25-9-6-15-30-18-25)31-33(21)29(22(2)23-10-12-27(34-3)13-11-23)20-32-16-14-24-7-4-5-8-26(24)19-32/h4-13,15,17-18,22,29H,14,16,19-20H2,1-3H3. The number of aryl methyl sites for hydroxylation is 1. The highest BCUT2D eigenvalue weighted by molar-refractivity contribution is 5.57. The van der Waals surface area contributed by atoms with Crippen LogP contribution in [0.1, 0.15) is 41.3 Å². The van der Waals surface area contributed by atoms with Gasteiger partial charge in [0.1, 0.15) is 5.75 Å². The lowest BCUT2D eigenvalue weighted by molar-refractivity contribution is 0.193. The van der Waals surface area contributed by atoms with Crippen molar-refractivity contribution in [3.63, 3.8) is 0 Å². The van der Waals surface area contributed by atoms with Crippen LogP contribution in [-0.2, 0) is 13.0 Å². The van der Waals surface area contributed by atoms with Crippen LogP contribution in [0.4, 0.5) is 0 Å². The van der Waals surface area contributed by atoms with Gasteiger partial charge in [-0.05, 0) is 60.4 Å². The summed E-state index contributed by atoms with van der Waals surface area (Å²) in [6.07, 6.45) is 4.78. The fraction of sp³-hybridized carbons (Fsp3) is 0.310. The number of nitrogens with zero attached hydrogens (tertiary/aromatic N) is 4. The molecule has 5 rings (SSSR count). The van der Waals surface area contributed by atoms with Gasteiger partial charge in [-0.25, -0.2) is 0 Å². The number of rotatable bonds is 7. The summed E-state index contributed by atoms with van der Waals surface area (Å²) in [5.74, 6) is 1.16. The maximum absolute atomic E-state index is 5.39. The summed E-state index contributed by atoms with van der Waals surface area (Å²) >= 11 is 0. The molecule has 0 N–H and O–H groups in total. The predicted octanol–water partition coefficient (Wildman–Crippen LogP) is 5.67. The van der Waals surface area contributed by atoms with Crippen LogP contribution in [0, 0.1) is 6.92 Å². The van der Waals surface area contributed by atoms with Gasteiger partial charge >= 0.3 is 0 Å². The molecule has 4 aromatic rings. The van der Waals surface area contributed by atoms with Gasteiger partial charge in [0.2, 0.25) is 0 Å². The fourth-order valence-corrected chi connectivity index (χ4v) is 5.03. The smallest absolute Gasteiger partial charge is 0.118 e. The first-order chi connectivity index (χ1) is 16.6. The van der Waals surface area contributed by atoms with Crippen molar-refractivity contribution >= 4 is 0 Å². The van der Waals surface area contributed by atoms with Crippen LogP contribution < -0.4 is 4.74 Å². The van der Waals surface area contributed by atoms with Crippen molar-refractivity contribution in [2.24, 2.45) is 0 Å². The lowest BCUT2D eigenvalue weighted by Gasteiger charge is -2.35. The van der Waals surface area contributed by atoms with Gasteiger partial charge in [0, 0.05) is 49.2 Å². The summed E-state index contributed by atoms with van der Waals surface area (Å²) in [6.45, 7) is 7.47. The number of ether oxygens (including phenoxy) is 1. The average Bonchev–Trinajstić information content (AvgIpc) is 3.28. The van der Waals surface area contributed by atoms with Crippen molar-refractivity contribution in [3.8, 4) is 17.0 Å². The molecule has 1 aliphatic heterocycles. The first kappa shape index (κ1) is 22.4. The molecule has 3 heterocycles. The molecule has 2 atom stereocenters. The molecule has 0 spiro atoms.